The topological polar surface area (TPSA) is 119 Å². The average Bonchev–Trinajstić information content (AvgIpc) is 2.70. The third kappa shape index (κ3) is 4.68. The van der Waals surface area contributed by atoms with Crippen molar-refractivity contribution in [2.45, 2.75) is 32.1 Å². The third-order valence-electron chi connectivity index (χ3n) is 4.76. The summed E-state index contributed by atoms with van der Waals surface area (Å²) < 4.78 is 5.56. The molecular weight excluding hydrogens is 362 g/mol. The van der Waals surface area contributed by atoms with Gasteiger partial charge in [0, 0.05) is 22.7 Å². The highest BCUT2D eigenvalue weighted by atomic mass is 16.5. The number of carbonyl (C=O) groups excluding carboxylic acids is 3. The number of anilines is 1. The van der Waals surface area contributed by atoms with E-state index in [1.807, 2.05) is 0 Å². The van der Waals surface area contributed by atoms with E-state index in [2.05, 4.69) is 5.32 Å². The van der Waals surface area contributed by atoms with E-state index < -0.39 is 23.1 Å². The van der Waals surface area contributed by atoms with Crippen LogP contribution in [-0.2, 0) is 4.79 Å². The van der Waals surface area contributed by atoms with Gasteiger partial charge in [0.05, 0.1) is 11.9 Å². The van der Waals surface area contributed by atoms with Crippen LogP contribution in [0.15, 0.2) is 42.5 Å². The molecule has 3 rings (SSSR count). The first-order chi connectivity index (χ1) is 13.4. The highest BCUT2D eigenvalue weighted by Crippen LogP contribution is 2.27. The number of hydrogen-bond acceptors (Lipinski definition) is 6. The number of rotatable bonds is 6. The molecule has 2 aromatic rings. The molecule has 0 saturated heterocycles. The van der Waals surface area contributed by atoms with Crippen molar-refractivity contribution in [2.24, 2.45) is 5.92 Å². The Morgan fingerprint density at radius 3 is 2.04 bits per heavy atom. The minimum absolute atomic E-state index is 0.0184. The maximum Gasteiger partial charge on any atom is 0.227 e. The van der Waals surface area contributed by atoms with Crippen LogP contribution in [0, 0.1) is 5.92 Å². The molecule has 1 aliphatic carbocycles. The van der Waals surface area contributed by atoms with Gasteiger partial charge in [-0.05, 0) is 55.3 Å². The van der Waals surface area contributed by atoms with Crippen LogP contribution in [0.2, 0.25) is 0 Å². The van der Waals surface area contributed by atoms with Crippen LogP contribution < -0.4 is 20.3 Å². The number of aromatic carboxylic acids is 2. The normalized spacial score (nSPS) is 14.3. The van der Waals surface area contributed by atoms with Crippen LogP contribution in [0.25, 0.3) is 0 Å². The lowest BCUT2D eigenvalue weighted by molar-refractivity contribution is -0.259. The molecule has 0 bridgehead atoms. The molecule has 146 valence electrons. The molecule has 1 fully saturated rings. The summed E-state index contributed by atoms with van der Waals surface area (Å²) in [7, 11) is 0. The van der Waals surface area contributed by atoms with Gasteiger partial charge < -0.3 is 29.9 Å². The summed E-state index contributed by atoms with van der Waals surface area (Å²) in [6.07, 6.45) is 5.16. The van der Waals surface area contributed by atoms with Crippen molar-refractivity contribution in [1.29, 1.82) is 0 Å². The van der Waals surface area contributed by atoms with Gasteiger partial charge in [0.25, 0.3) is 0 Å². The number of nitrogens with one attached hydrogen (secondary N) is 1. The van der Waals surface area contributed by atoms with Gasteiger partial charge in [-0.2, -0.15) is 0 Å². The van der Waals surface area contributed by atoms with Crippen LogP contribution in [0.5, 0.6) is 11.5 Å². The monoisotopic (exact) mass is 381 g/mol. The summed E-state index contributed by atoms with van der Waals surface area (Å²) in [5.74, 6) is -2.63. The third-order valence-corrected chi connectivity index (χ3v) is 4.76. The van der Waals surface area contributed by atoms with Crippen LogP contribution in [0.3, 0.4) is 0 Å². The summed E-state index contributed by atoms with van der Waals surface area (Å²) in [6.45, 7) is 0. The molecule has 1 saturated carbocycles. The second kappa shape index (κ2) is 8.56. The Hall–Kier alpha value is -3.35. The Bertz CT molecular complexity index is 884. The quantitative estimate of drug-likeness (QED) is 0.814. The van der Waals surface area contributed by atoms with Crippen molar-refractivity contribution in [2.75, 3.05) is 5.32 Å². The Morgan fingerprint density at radius 1 is 0.821 bits per heavy atom. The zero-order chi connectivity index (χ0) is 20.1. The summed E-state index contributed by atoms with van der Waals surface area (Å²) in [5.41, 5.74) is -0.354. The minimum atomic E-state index is -1.63. The molecule has 1 N–H and O–H groups in total. The number of carbonyl (C=O) groups is 3. The van der Waals surface area contributed by atoms with Gasteiger partial charge in [-0.1, -0.05) is 19.3 Å². The van der Waals surface area contributed by atoms with Crippen molar-refractivity contribution in [3.63, 3.8) is 0 Å². The van der Waals surface area contributed by atoms with Gasteiger partial charge in [-0.15, -0.1) is 0 Å². The summed E-state index contributed by atoms with van der Waals surface area (Å²) in [5, 5.41) is 25.0. The largest absolute Gasteiger partial charge is 0.545 e. The molecule has 7 heteroatoms. The van der Waals surface area contributed by atoms with E-state index in [-0.39, 0.29) is 17.6 Å². The van der Waals surface area contributed by atoms with E-state index >= 15 is 0 Å². The number of benzene rings is 2. The average molecular weight is 381 g/mol. The second-order valence-electron chi connectivity index (χ2n) is 6.73. The number of ether oxygens (including phenoxy) is 1. The lowest BCUT2D eigenvalue weighted by Gasteiger charge is -2.20. The summed E-state index contributed by atoms with van der Waals surface area (Å²) in [6, 6.07) is 10.1. The predicted molar refractivity (Wildman–Crippen MR) is 96.8 cm³/mol. The van der Waals surface area contributed by atoms with Crippen molar-refractivity contribution < 1.29 is 29.3 Å². The van der Waals surface area contributed by atoms with Crippen LogP contribution >= 0.6 is 0 Å². The lowest BCUT2D eigenvalue weighted by Crippen LogP contribution is -2.30. The van der Waals surface area contributed by atoms with Crippen molar-refractivity contribution in [1.82, 2.24) is 0 Å². The molecule has 0 spiro atoms. The Morgan fingerprint density at radius 2 is 1.43 bits per heavy atom. The fourth-order valence-electron chi connectivity index (χ4n) is 3.29. The molecule has 1 amide bonds. The van der Waals surface area contributed by atoms with E-state index in [0.717, 1.165) is 37.8 Å². The molecule has 0 heterocycles. The first kappa shape index (κ1) is 19.4. The zero-order valence-electron chi connectivity index (χ0n) is 15.1. The first-order valence-corrected chi connectivity index (χ1v) is 9.09. The summed E-state index contributed by atoms with van der Waals surface area (Å²) in [4.78, 5) is 34.3. The number of carboxylic acid groups (broad SMARTS) is 2. The molecule has 0 aromatic heterocycles. The maximum atomic E-state index is 12.3. The van der Waals surface area contributed by atoms with E-state index in [4.69, 9.17) is 4.74 Å². The maximum absolute atomic E-state index is 12.3. The molecule has 0 radical (unpaired) electrons. The number of hydrogen-bond donors (Lipinski definition) is 1. The van der Waals surface area contributed by atoms with E-state index in [9.17, 15) is 24.6 Å². The van der Waals surface area contributed by atoms with E-state index in [0.29, 0.717) is 11.4 Å². The number of amides is 1. The SMILES string of the molecule is O=C([O-])c1ccc(Oc2ccc(NC(=O)C3CCCCC3)cc2)cc1C(=O)[O-]. The standard InChI is InChI=1S/C21H21NO6/c23-19(13-4-2-1-3-5-13)22-14-6-8-15(9-7-14)28-16-10-11-17(20(24)25)18(12-16)21(26)27/h6-13H,1-5H2,(H,22,23)(H,24,25)(H,26,27)/p-2. The van der Waals surface area contributed by atoms with Gasteiger partial charge in [-0.3, -0.25) is 4.79 Å². The second-order valence-corrected chi connectivity index (χ2v) is 6.73. The van der Waals surface area contributed by atoms with Crippen LogP contribution in [0.1, 0.15) is 52.8 Å². The van der Waals surface area contributed by atoms with Gasteiger partial charge in [-0.25, -0.2) is 0 Å². The highest BCUT2D eigenvalue weighted by Gasteiger charge is 2.21. The van der Waals surface area contributed by atoms with Crippen LogP contribution in [-0.4, -0.2) is 17.8 Å². The Balaban J connectivity index is 1.67. The van der Waals surface area contributed by atoms with Crippen molar-refractivity contribution >= 4 is 23.5 Å². The fraction of sp³-hybridized carbons (Fsp3) is 0.286. The molecule has 0 aliphatic heterocycles. The van der Waals surface area contributed by atoms with Gasteiger partial charge in [0.1, 0.15) is 11.5 Å². The summed E-state index contributed by atoms with van der Waals surface area (Å²) >= 11 is 0. The lowest BCUT2D eigenvalue weighted by atomic mass is 9.88. The van der Waals surface area contributed by atoms with Gasteiger partial charge in [0.2, 0.25) is 5.91 Å². The smallest absolute Gasteiger partial charge is 0.227 e. The molecule has 0 unspecified atom stereocenters. The van der Waals surface area contributed by atoms with Gasteiger partial charge in [0.15, 0.2) is 0 Å². The molecule has 28 heavy (non-hydrogen) atoms. The molecule has 7 nitrogen and oxygen atoms in total. The minimum Gasteiger partial charge on any atom is -0.545 e. The molecule has 0 atom stereocenters. The van der Waals surface area contributed by atoms with E-state index in [1.54, 1.807) is 24.3 Å². The number of carboxylic acids is 2. The predicted octanol–water partition coefficient (Wildman–Crippen LogP) is 1.72. The Labute approximate surface area is 162 Å². The molecular formula is C21H19NO6-2. The van der Waals surface area contributed by atoms with Gasteiger partial charge >= 0.3 is 0 Å². The van der Waals surface area contributed by atoms with E-state index in [1.165, 1.54) is 12.5 Å². The van der Waals surface area contributed by atoms with Crippen molar-refractivity contribution in [3.8, 4) is 11.5 Å². The fourth-order valence-corrected chi connectivity index (χ4v) is 3.29. The van der Waals surface area contributed by atoms with Crippen molar-refractivity contribution in [3.05, 3.63) is 53.6 Å². The zero-order valence-corrected chi connectivity index (χ0v) is 15.1. The highest BCUT2D eigenvalue weighted by molar-refractivity contribution is 6.00. The Kier molecular flexibility index (Phi) is 5.93. The van der Waals surface area contributed by atoms with Crippen LogP contribution in [0.4, 0.5) is 5.69 Å². The molecule has 1 aliphatic rings. The molecule has 2 aromatic carbocycles. The first-order valence-electron chi connectivity index (χ1n) is 9.09.